The predicted molar refractivity (Wildman–Crippen MR) is 51.5 cm³/mol. The molecular formula is C10H12Cl2SZr. The Bertz CT molecular complexity index is 269. The van der Waals surface area contributed by atoms with E-state index in [1.807, 2.05) is 11.8 Å². The minimum Gasteiger partial charge on any atom is -1.00 e. The van der Waals surface area contributed by atoms with Crippen LogP contribution in [0.2, 0.25) is 0 Å². The maximum atomic E-state index is 2.38. The molecule has 0 saturated heterocycles. The average molecular weight is 326 g/mol. The van der Waals surface area contributed by atoms with Gasteiger partial charge in [0, 0.05) is 10.2 Å². The molecule has 1 atom stereocenters. The van der Waals surface area contributed by atoms with E-state index in [2.05, 4.69) is 38.2 Å². The van der Waals surface area contributed by atoms with Crippen LogP contribution in [0.25, 0.3) is 0 Å². The summed E-state index contributed by atoms with van der Waals surface area (Å²) < 4.78 is 0. The molecule has 4 heteroatoms. The Morgan fingerprint density at radius 2 is 1.93 bits per heavy atom. The molecule has 0 fully saturated rings. The van der Waals surface area contributed by atoms with Crippen molar-refractivity contribution in [1.82, 2.24) is 0 Å². The van der Waals surface area contributed by atoms with Crippen LogP contribution in [0.15, 0.2) is 34.8 Å². The molecule has 1 aliphatic heterocycles. The van der Waals surface area contributed by atoms with Crippen LogP contribution in [-0.2, 0) is 26.2 Å². The molecule has 2 rings (SSSR count). The first kappa shape index (κ1) is 17.4. The van der Waals surface area contributed by atoms with Gasteiger partial charge in [0.2, 0.25) is 0 Å². The van der Waals surface area contributed by atoms with Crippen LogP contribution in [-0.4, -0.2) is 5.25 Å². The maximum Gasteiger partial charge on any atom is 2.00 e. The molecule has 0 bridgehead atoms. The van der Waals surface area contributed by atoms with Gasteiger partial charge in [0.1, 0.15) is 0 Å². The van der Waals surface area contributed by atoms with Gasteiger partial charge in [-0.15, -0.1) is 11.8 Å². The SMILES string of the molecule is CC(C)C1C=C2C=CC=C2S1.[Cl-].[Cl-].[Zr+2]. The summed E-state index contributed by atoms with van der Waals surface area (Å²) in [7, 11) is 0. The number of halogens is 2. The van der Waals surface area contributed by atoms with Crippen molar-refractivity contribution < 1.29 is 51.0 Å². The van der Waals surface area contributed by atoms with E-state index in [0.717, 1.165) is 5.92 Å². The number of allylic oxidation sites excluding steroid dienone is 4. The molecule has 0 aromatic rings. The summed E-state index contributed by atoms with van der Waals surface area (Å²) in [6.07, 6.45) is 8.92. The average Bonchev–Trinajstić information content (AvgIpc) is 2.40. The van der Waals surface area contributed by atoms with Crippen molar-refractivity contribution in [2.24, 2.45) is 5.92 Å². The fourth-order valence-corrected chi connectivity index (χ4v) is 2.56. The van der Waals surface area contributed by atoms with Gasteiger partial charge < -0.3 is 24.8 Å². The summed E-state index contributed by atoms with van der Waals surface area (Å²) >= 11 is 2.00. The monoisotopic (exact) mass is 324 g/mol. The van der Waals surface area contributed by atoms with Crippen molar-refractivity contribution in [1.29, 1.82) is 0 Å². The first-order valence-corrected chi connectivity index (χ1v) is 4.92. The number of thioether (sulfide) groups is 1. The number of hydrogen-bond acceptors (Lipinski definition) is 1. The molecule has 0 spiro atoms. The molecular weight excluding hydrogens is 314 g/mol. The van der Waals surface area contributed by atoms with E-state index < -0.39 is 0 Å². The van der Waals surface area contributed by atoms with Gasteiger partial charge in [-0.25, -0.2) is 0 Å². The van der Waals surface area contributed by atoms with Crippen molar-refractivity contribution in [3.63, 3.8) is 0 Å². The standard InChI is InChI=1S/C10H12S.2ClH.Zr/c1-7(2)10-6-8-4-3-5-9(8)11-10;;;/h3-7,10H,1-2H3;2*1H;/q;;;+2/p-2. The van der Waals surface area contributed by atoms with Crippen LogP contribution in [0.4, 0.5) is 0 Å². The van der Waals surface area contributed by atoms with E-state index in [4.69, 9.17) is 0 Å². The molecule has 0 radical (unpaired) electrons. The molecule has 1 aliphatic carbocycles. The van der Waals surface area contributed by atoms with Crippen molar-refractivity contribution in [3.8, 4) is 0 Å². The minimum absolute atomic E-state index is 0. The zero-order chi connectivity index (χ0) is 7.84. The zero-order valence-electron chi connectivity index (χ0n) is 8.13. The van der Waals surface area contributed by atoms with Crippen LogP contribution in [0.1, 0.15) is 13.8 Å². The fourth-order valence-electron chi connectivity index (χ4n) is 1.35. The van der Waals surface area contributed by atoms with Gasteiger partial charge in [0.25, 0.3) is 0 Å². The first-order chi connectivity index (χ1) is 5.27. The molecule has 0 aromatic heterocycles. The topological polar surface area (TPSA) is 0 Å². The largest absolute Gasteiger partial charge is 2.00 e. The smallest absolute Gasteiger partial charge is 1.00 e. The van der Waals surface area contributed by atoms with E-state index in [9.17, 15) is 0 Å². The summed E-state index contributed by atoms with van der Waals surface area (Å²) in [5.41, 5.74) is 1.44. The van der Waals surface area contributed by atoms with Gasteiger partial charge in [0.15, 0.2) is 0 Å². The Balaban J connectivity index is 0. The summed E-state index contributed by atoms with van der Waals surface area (Å²) in [5.74, 6) is 0.757. The number of fused-ring (bicyclic) bond motifs is 1. The number of hydrogen-bond donors (Lipinski definition) is 0. The third-order valence-electron chi connectivity index (χ3n) is 2.07. The molecule has 76 valence electrons. The second-order valence-electron chi connectivity index (χ2n) is 3.34. The Morgan fingerprint density at radius 3 is 2.43 bits per heavy atom. The molecule has 1 unspecified atom stereocenters. The van der Waals surface area contributed by atoms with Gasteiger partial charge in [-0.3, -0.25) is 0 Å². The van der Waals surface area contributed by atoms with Crippen LogP contribution >= 0.6 is 11.8 Å². The van der Waals surface area contributed by atoms with Crippen LogP contribution in [0, 0.1) is 5.92 Å². The van der Waals surface area contributed by atoms with E-state index in [0.29, 0.717) is 5.25 Å². The molecule has 14 heavy (non-hydrogen) atoms. The molecule has 0 N–H and O–H groups in total. The van der Waals surface area contributed by atoms with E-state index in [-0.39, 0.29) is 51.0 Å². The third-order valence-corrected chi connectivity index (χ3v) is 3.65. The van der Waals surface area contributed by atoms with E-state index >= 15 is 0 Å². The summed E-state index contributed by atoms with van der Waals surface area (Å²) in [6, 6.07) is 0. The van der Waals surface area contributed by atoms with Gasteiger partial charge in [0.05, 0.1) is 0 Å². The van der Waals surface area contributed by atoms with Crippen LogP contribution in [0.3, 0.4) is 0 Å². The second kappa shape index (κ2) is 7.33. The number of rotatable bonds is 1. The van der Waals surface area contributed by atoms with Gasteiger partial charge in [-0.1, -0.05) is 32.1 Å². The predicted octanol–water partition coefficient (Wildman–Crippen LogP) is -2.86. The first-order valence-electron chi connectivity index (χ1n) is 4.04. The Hall–Kier alpha value is 1.03. The van der Waals surface area contributed by atoms with Crippen LogP contribution in [0.5, 0.6) is 0 Å². The summed E-state index contributed by atoms with van der Waals surface area (Å²) in [5, 5.41) is 0.709. The zero-order valence-corrected chi connectivity index (χ0v) is 12.9. The Labute approximate surface area is 122 Å². The molecule has 0 aromatic carbocycles. The third kappa shape index (κ3) is 3.56. The van der Waals surface area contributed by atoms with Crippen LogP contribution < -0.4 is 24.8 Å². The summed E-state index contributed by atoms with van der Waals surface area (Å²) in [4.78, 5) is 1.46. The minimum atomic E-state index is 0. The van der Waals surface area contributed by atoms with Gasteiger partial charge in [-0.05, 0) is 17.6 Å². The second-order valence-corrected chi connectivity index (χ2v) is 4.56. The molecule has 0 amide bonds. The van der Waals surface area contributed by atoms with Crippen molar-refractivity contribution in [2.75, 3.05) is 0 Å². The Morgan fingerprint density at radius 1 is 1.29 bits per heavy atom. The fraction of sp³-hybridized carbons (Fsp3) is 0.400. The summed E-state index contributed by atoms with van der Waals surface area (Å²) in [6.45, 7) is 4.56. The van der Waals surface area contributed by atoms with Gasteiger partial charge >= 0.3 is 26.2 Å². The molecule has 2 aliphatic rings. The molecule has 1 heterocycles. The van der Waals surface area contributed by atoms with Crippen molar-refractivity contribution in [3.05, 3.63) is 34.8 Å². The van der Waals surface area contributed by atoms with Crippen molar-refractivity contribution >= 4 is 11.8 Å². The van der Waals surface area contributed by atoms with Crippen molar-refractivity contribution in [2.45, 2.75) is 19.1 Å². The quantitative estimate of drug-likeness (QED) is 0.500. The molecule has 0 saturated carbocycles. The van der Waals surface area contributed by atoms with E-state index in [1.165, 1.54) is 10.5 Å². The maximum absolute atomic E-state index is 2.38. The molecule has 0 nitrogen and oxygen atoms in total. The van der Waals surface area contributed by atoms with Gasteiger partial charge in [-0.2, -0.15) is 0 Å². The normalized spacial score (nSPS) is 21.5. The Kier molecular flexibility index (Phi) is 9.13. The van der Waals surface area contributed by atoms with E-state index in [1.54, 1.807) is 0 Å².